The van der Waals surface area contributed by atoms with Crippen molar-refractivity contribution in [2.75, 3.05) is 70.1 Å². The van der Waals surface area contributed by atoms with E-state index in [1.54, 1.807) is 13.3 Å². The lowest BCUT2D eigenvalue weighted by Gasteiger charge is -2.28. The Hall–Kier alpha value is -4.12. The molecule has 0 saturated carbocycles. The van der Waals surface area contributed by atoms with Gasteiger partial charge in [0.1, 0.15) is 5.75 Å². The summed E-state index contributed by atoms with van der Waals surface area (Å²) in [5.41, 5.74) is 4.59. The number of nitrogens with zero attached hydrogens (tertiary/aromatic N) is 5. The smallest absolute Gasteiger partial charge is 0.247 e. The first kappa shape index (κ1) is 28.4. The Labute approximate surface area is 244 Å². The summed E-state index contributed by atoms with van der Waals surface area (Å²) in [6, 6.07) is 12.1. The molecule has 1 aliphatic heterocycles. The Balaban J connectivity index is 1.53. The molecule has 214 valence electrons. The molecule has 0 unspecified atom stereocenters. The number of ether oxygens (including phenoxy) is 2. The molecule has 0 bridgehead atoms. The minimum atomic E-state index is -0.318. The average molecular weight is 576 g/mol. The second-order valence-corrected chi connectivity index (χ2v) is 10.6. The number of likely N-dealkylation sites (N-methyl/N-ethyl adjacent to an activating group) is 2. The summed E-state index contributed by atoms with van der Waals surface area (Å²) in [6.07, 6.45) is 4.90. The van der Waals surface area contributed by atoms with Crippen molar-refractivity contribution in [3.8, 4) is 17.0 Å². The number of rotatable bonds is 11. The zero-order valence-corrected chi connectivity index (χ0v) is 24.4. The van der Waals surface area contributed by atoms with Gasteiger partial charge in [-0.05, 0) is 32.3 Å². The number of anilines is 4. The number of carbonyl (C=O) groups is 1. The molecule has 3 heterocycles. The van der Waals surface area contributed by atoms with E-state index in [2.05, 4.69) is 54.9 Å². The maximum atomic E-state index is 12.3. The normalized spacial score (nSPS) is 13.2. The zero-order valence-electron chi connectivity index (χ0n) is 23.6. The number of halogens is 1. The van der Waals surface area contributed by atoms with Gasteiger partial charge < -0.3 is 34.5 Å². The number of hydrogen-bond donors (Lipinski definition) is 2. The van der Waals surface area contributed by atoms with Crippen LogP contribution in [-0.4, -0.2) is 79.9 Å². The molecule has 2 aromatic heterocycles. The van der Waals surface area contributed by atoms with Gasteiger partial charge in [0.25, 0.3) is 0 Å². The van der Waals surface area contributed by atoms with Crippen molar-refractivity contribution < 1.29 is 14.3 Å². The van der Waals surface area contributed by atoms with Crippen LogP contribution < -0.4 is 20.3 Å². The molecule has 2 N–H and O–H groups in total. The number of nitrogens with one attached hydrogen (secondary N) is 2. The third-order valence-electron chi connectivity index (χ3n) is 7.06. The molecule has 0 spiro atoms. The number of fused-ring (bicyclic) bond motifs is 1. The number of para-hydroxylation sites is 1. The van der Waals surface area contributed by atoms with Crippen molar-refractivity contribution in [1.29, 1.82) is 0 Å². The number of aromatic nitrogens is 3. The molecule has 1 aliphatic rings. The summed E-state index contributed by atoms with van der Waals surface area (Å²) in [6.45, 7) is 6.51. The highest BCUT2D eigenvalue weighted by Gasteiger charge is 2.25. The Morgan fingerprint density at radius 1 is 1.22 bits per heavy atom. The molecule has 0 radical (unpaired) electrons. The minimum Gasteiger partial charge on any atom is -0.494 e. The van der Waals surface area contributed by atoms with Gasteiger partial charge in [-0.15, -0.1) is 0 Å². The fourth-order valence-corrected chi connectivity index (χ4v) is 4.91. The van der Waals surface area contributed by atoms with Crippen molar-refractivity contribution in [3.05, 3.63) is 66.5 Å². The molecule has 41 heavy (non-hydrogen) atoms. The number of carbonyl (C=O) groups excluding carboxylic acids is 1. The van der Waals surface area contributed by atoms with Gasteiger partial charge in [-0.25, -0.2) is 9.97 Å². The molecule has 4 aromatic rings. The largest absolute Gasteiger partial charge is 0.494 e. The molecule has 1 amide bonds. The Morgan fingerprint density at radius 2 is 2.00 bits per heavy atom. The maximum Gasteiger partial charge on any atom is 0.247 e. The highest BCUT2D eigenvalue weighted by molar-refractivity contribution is 6.33. The topological polar surface area (TPSA) is 96.8 Å². The van der Waals surface area contributed by atoms with Crippen molar-refractivity contribution in [3.63, 3.8) is 0 Å². The minimum absolute atomic E-state index is 0.273. The van der Waals surface area contributed by atoms with Crippen LogP contribution in [0, 0.1) is 0 Å². The molecule has 0 aliphatic carbocycles. The van der Waals surface area contributed by atoms with Crippen molar-refractivity contribution in [2.24, 2.45) is 0 Å². The molecule has 11 heteroatoms. The van der Waals surface area contributed by atoms with Gasteiger partial charge in [0.2, 0.25) is 11.9 Å². The first-order valence-electron chi connectivity index (χ1n) is 13.3. The van der Waals surface area contributed by atoms with Crippen LogP contribution in [-0.2, 0) is 9.53 Å². The van der Waals surface area contributed by atoms with Crippen LogP contribution in [0.5, 0.6) is 5.75 Å². The fourth-order valence-electron chi connectivity index (χ4n) is 4.72. The van der Waals surface area contributed by atoms with Crippen LogP contribution in [0.15, 0.2) is 61.4 Å². The van der Waals surface area contributed by atoms with Crippen LogP contribution in [0.25, 0.3) is 22.2 Å². The SMILES string of the molecule is C=CC(=O)Nc1cc(Nc2ncc(Cl)c(-c3cn(C4COC4)c4ccccc34)n2)c(OC)cc1N(C)CCN(C)C. The monoisotopic (exact) mass is 575 g/mol. The predicted octanol–water partition coefficient (Wildman–Crippen LogP) is 5.20. The Bertz CT molecular complexity index is 1580. The zero-order chi connectivity index (χ0) is 29.1. The lowest BCUT2D eigenvalue weighted by Crippen LogP contribution is -2.29. The quantitative estimate of drug-likeness (QED) is 0.236. The van der Waals surface area contributed by atoms with E-state index in [1.807, 2.05) is 45.4 Å². The van der Waals surface area contributed by atoms with Crippen LogP contribution in [0.3, 0.4) is 0 Å². The van der Waals surface area contributed by atoms with Gasteiger partial charge in [-0.3, -0.25) is 4.79 Å². The Kier molecular flexibility index (Phi) is 8.44. The summed E-state index contributed by atoms with van der Waals surface area (Å²) in [7, 11) is 7.60. The molecule has 1 fully saturated rings. The first-order valence-corrected chi connectivity index (χ1v) is 13.7. The number of hydrogen-bond acceptors (Lipinski definition) is 8. The van der Waals surface area contributed by atoms with Crippen molar-refractivity contribution in [2.45, 2.75) is 6.04 Å². The molecule has 2 aromatic carbocycles. The average Bonchev–Trinajstić information content (AvgIpc) is 3.30. The summed E-state index contributed by atoms with van der Waals surface area (Å²) in [5, 5.41) is 7.67. The number of benzene rings is 2. The fraction of sp³-hybridized carbons (Fsp3) is 0.300. The molecule has 1 saturated heterocycles. The van der Waals surface area contributed by atoms with Gasteiger partial charge in [0.15, 0.2) is 0 Å². The summed E-state index contributed by atoms with van der Waals surface area (Å²) in [5.74, 6) is 0.581. The van der Waals surface area contributed by atoms with E-state index in [0.717, 1.165) is 35.2 Å². The standard InChI is InChI=1S/C30H34ClN7O3/c1-6-28(39)33-23-13-24(27(40-5)14-26(23)37(4)12-11-36(2)3)34-30-32-15-22(31)29(35-30)21-16-38(19-17-41-18-19)25-10-8-7-9-20(21)25/h6-10,13-16,19H,1,11-12,17-18H2,2-5H3,(H,33,39)(H,32,34,35). The predicted molar refractivity (Wildman–Crippen MR) is 165 cm³/mol. The van der Waals surface area contributed by atoms with E-state index in [4.69, 9.17) is 26.1 Å². The van der Waals surface area contributed by atoms with Gasteiger partial charge in [0, 0.05) is 48.9 Å². The van der Waals surface area contributed by atoms with Crippen LogP contribution in [0.1, 0.15) is 6.04 Å². The van der Waals surface area contributed by atoms with Crippen LogP contribution in [0.4, 0.5) is 23.0 Å². The van der Waals surface area contributed by atoms with E-state index < -0.39 is 0 Å². The van der Waals surface area contributed by atoms with Crippen LogP contribution >= 0.6 is 11.6 Å². The van der Waals surface area contributed by atoms with Crippen molar-refractivity contribution in [1.82, 2.24) is 19.4 Å². The molecular formula is C30H34ClN7O3. The van der Waals surface area contributed by atoms with E-state index in [9.17, 15) is 4.79 Å². The summed E-state index contributed by atoms with van der Waals surface area (Å²) in [4.78, 5) is 25.7. The first-order chi connectivity index (χ1) is 19.8. The third kappa shape index (κ3) is 6.00. The highest BCUT2D eigenvalue weighted by Crippen LogP contribution is 2.40. The second kappa shape index (κ2) is 12.2. The number of methoxy groups -OCH3 is 1. The van der Waals surface area contributed by atoms with E-state index in [-0.39, 0.29) is 11.9 Å². The van der Waals surface area contributed by atoms with Gasteiger partial charge in [0.05, 0.1) is 60.3 Å². The second-order valence-electron chi connectivity index (χ2n) is 10.2. The molecule has 10 nitrogen and oxygen atoms in total. The van der Waals surface area contributed by atoms with Gasteiger partial charge in [-0.2, -0.15) is 0 Å². The Morgan fingerprint density at radius 3 is 2.68 bits per heavy atom. The van der Waals surface area contributed by atoms with Crippen LogP contribution in [0.2, 0.25) is 5.02 Å². The lowest BCUT2D eigenvalue weighted by atomic mass is 10.1. The van der Waals surface area contributed by atoms with E-state index in [1.165, 1.54) is 6.08 Å². The summed E-state index contributed by atoms with van der Waals surface area (Å²) < 4.78 is 13.4. The number of amides is 1. The third-order valence-corrected chi connectivity index (χ3v) is 7.33. The van der Waals surface area contributed by atoms with Gasteiger partial charge >= 0.3 is 0 Å². The lowest BCUT2D eigenvalue weighted by molar-refractivity contribution is -0.111. The maximum absolute atomic E-state index is 12.3. The van der Waals surface area contributed by atoms with Gasteiger partial charge in [-0.1, -0.05) is 36.4 Å². The molecule has 0 atom stereocenters. The molecule has 5 rings (SSSR count). The van der Waals surface area contributed by atoms with E-state index >= 15 is 0 Å². The van der Waals surface area contributed by atoms with Crippen molar-refractivity contribution >= 4 is 51.4 Å². The molecular weight excluding hydrogens is 542 g/mol. The highest BCUT2D eigenvalue weighted by atomic mass is 35.5. The summed E-state index contributed by atoms with van der Waals surface area (Å²) >= 11 is 6.66. The van der Waals surface area contributed by atoms with E-state index in [0.29, 0.717) is 47.0 Å².